The molecule has 12 heavy (non-hydrogen) atoms. The van der Waals surface area contributed by atoms with E-state index in [1.54, 1.807) is 0 Å². The quantitative estimate of drug-likeness (QED) is 0.492. The topological polar surface area (TPSA) is 35.8 Å². The van der Waals surface area contributed by atoms with Gasteiger partial charge in [-0.15, -0.1) is 0 Å². The van der Waals surface area contributed by atoms with E-state index in [4.69, 9.17) is 28.5 Å². The van der Waals surface area contributed by atoms with Crippen molar-refractivity contribution >= 4 is 23.2 Å². The zero-order valence-electron chi connectivity index (χ0n) is 5.54. The Morgan fingerprint density at radius 1 is 1.58 bits per heavy atom. The van der Waals surface area contributed by atoms with Crippen molar-refractivity contribution in [3.05, 3.63) is 22.9 Å². The van der Waals surface area contributed by atoms with Crippen LogP contribution in [-0.4, -0.2) is 5.00 Å². The maximum atomic E-state index is 12.7. The number of nitrogens with zero attached hydrogens (tertiary/aromatic N) is 1. The van der Waals surface area contributed by atoms with Gasteiger partial charge in [-0.25, -0.2) is 8.78 Å². The van der Waals surface area contributed by atoms with E-state index in [9.17, 15) is 8.78 Å². The van der Waals surface area contributed by atoms with Gasteiger partial charge in [0.1, 0.15) is 11.1 Å². The van der Waals surface area contributed by atoms with Crippen LogP contribution in [0.15, 0.2) is 22.9 Å². The Morgan fingerprint density at radius 2 is 2.17 bits per heavy atom. The van der Waals surface area contributed by atoms with Crippen molar-refractivity contribution in [3.63, 3.8) is 0 Å². The SMILES string of the molecule is N#CC1(Cl)NC=C(F)C(F)=C1Cl. The molecule has 0 saturated heterocycles. The molecule has 1 aliphatic rings. The second kappa shape index (κ2) is 2.92. The van der Waals surface area contributed by atoms with Gasteiger partial charge in [-0.1, -0.05) is 23.2 Å². The van der Waals surface area contributed by atoms with Crippen LogP contribution in [0.3, 0.4) is 0 Å². The Kier molecular flexibility index (Phi) is 2.27. The van der Waals surface area contributed by atoms with Crippen molar-refractivity contribution < 1.29 is 8.78 Å². The third-order valence-corrected chi connectivity index (χ3v) is 2.19. The standard InChI is InChI=1S/C6H2Cl2F2N2/c7-5-4(10)3(9)1-12-6(5,8)2-11/h1,12H. The molecule has 2 nitrogen and oxygen atoms in total. The van der Waals surface area contributed by atoms with Crippen molar-refractivity contribution in [2.45, 2.75) is 5.00 Å². The highest BCUT2D eigenvalue weighted by molar-refractivity contribution is 6.41. The van der Waals surface area contributed by atoms with Crippen LogP contribution >= 0.6 is 23.2 Å². The summed E-state index contributed by atoms with van der Waals surface area (Å²) in [5.74, 6) is -2.49. The lowest BCUT2D eigenvalue weighted by atomic mass is 10.2. The van der Waals surface area contributed by atoms with Crippen LogP contribution in [0.4, 0.5) is 8.78 Å². The number of nitrogens with one attached hydrogen (secondary N) is 1. The molecule has 1 atom stereocenters. The third kappa shape index (κ3) is 1.26. The summed E-state index contributed by atoms with van der Waals surface area (Å²) in [7, 11) is 0. The fraction of sp³-hybridized carbons (Fsp3) is 0.167. The minimum absolute atomic E-state index is 0.650. The molecule has 0 saturated carbocycles. The Labute approximate surface area is 77.1 Å². The molecule has 1 heterocycles. The molecule has 0 aromatic heterocycles. The summed E-state index contributed by atoms with van der Waals surface area (Å²) in [6.45, 7) is 0. The number of dihydropyridines is 1. The normalized spacial score (nSPS) is 29.1. The Balaban J connectivity index is 3.17. The largest absolute Gasteiger partial charge is 0.354 e. The number of hydrogen-bond acceptors (Lipinski definition) is 2. The van der Waals surface area contributed by atoms with Crippen LogP contribution in [0.25, 0.3) is 0 Å². The highest BCUT2D eigenvalue weighted by Gasteiger charge is 2.37. The van der Waals surface area contributed by atoms with Gasteiger partial charge < -0.3 is 5.32 Å². The summed E-state index contributed by atoms with van der Waals surface area (Å²) in [5.41, 5.74) is 0. The van der Waals surface area contributed by atoms with Gasteiger partial charge >= 0.3 is 0 Å². The molecule has 6 heteroatoms. The van der Waals surface area contributed by atoms with Gasteiger partial charge in [-0.2, -0.15) is 5.26 Å². The minimum Gasteiger partial charge on any atom is -0.354 e. The van der Waals surface area contributed by atoms with E-state index in [1.807, 2.05) is 0 Å². The van der Waals surface area contributed by atoms with E-state index in [0.717, 1.165) is 0 Å². The van der Waals surface area contributed by atoms with E-state index < -0.39 is 21.7 Å². The molecule has 1 aliphatic heterocycles. The fourth-order valence-corrected chi connectivity index (χ4v) is 0.952. The van der Waals surface area contributed by atoms with Gasteiger partial charge in [0.2, 0.25) is 5.00 Å². The average molecular weight is 211 g/mol. The van der Waals surface area contributed by atoms with Crippen molar-refractivity contribution in [1.82, 2.24) is 5.32 Å². The Bertz CT molecular complexity index is 318. The summed E-state index contributed by atoms with van der Waals surface area (Å²) >= 11 is 10.7. The molecule has 0 bridgehead atoms. The number of hydrogen-bond donors (Lipinski definition) is 1. The monoisotopic (exact) mass is 210 g/mol. The number of alkyl halides is 1. The average Bonchev–Trinajstić information content (AvgIpc) is 2.09. The predicted octanol–water partition coefficient (Wildman–Crippen LogP) is 2.28. The highest BCUT2D eigenvalue weighted by Crippen LogP contribution is 2.35. The molecule has 0 aromatic carbocycles. The molecule has 0 fully saturated rings. The first-order chi connectivity index (χ1) is 5.51. The van der Waals surface area contributed by atoms with Crippen molar-refractivity contribution in [3.8, 4) is 6.07 Å². The smallest absolute Gasteiger partial charge is 0.239 e. The van der Waals surface area contributed by atoms with Crippen LogP contribution in [-0.2, 0) is 0 Å². The fourth-order valence-electron chi connectivity index (χ4n) is 0.627. The molecule has 0 amide bonds. The zero-order valence-corrected chi connectivity index (χ0v) is 7.05. The summed E-state index contributed by atoms with van der Waals surface area (Å²) in [6.07, 6.45) is 0.650. The number of nitriles is 1. The lowest BCUT2D eigenvalue weighted by molar-refractivity contribution is 0.507. The van der Waals surface area contributed by atoms with E-state index in [1.165, 1.54) is 6.07 Å². The van der Waals surface area contributed by atoms with Gasteiger partial charge in [0.25, 0.3) is 0 Å². The van der Waals surface area contributed by atoms with Crippen LogP contribution in [0.1, 0.15) is 0 Å². The van der Waals surface area contributed by atoms with Crippen LogP contribution < -0.4 is 5.32 Å². The Hall–Kier alpha value is -0.790. The van der Waals surface area contributed by atoms with E-state index in [2.05, 4.69) is 5.32 Å². The number of halogens is 4. The second-order valence-electron chi connectivity index (χ2n) is 2.03. The van der Waals surface area contributed by atoms with Gasteiger partial charge in [0.05, 0.1) is 0 Å². The first-order valence-corrected chi connectivity index (χ1v) is 3.56. The van der Waals surface area contributed by atoms with E-state index in [0.29, 0.717) is 6.20 Å². The predicted molar refractivity (Wildman–Crippen MR) is 40.5 cm³/mol. The summed E-state index contributed by atoms with van der Waals surface area (Å²) < 4.78 is 25.1. The van der Waals surface area contributed by atoms with Gasteiger partial charge in [0.15, 0.2) is 11.7 Å². The van der Waals surface area contributed by atoms with E-state index in [-0.39, 0.29) is 0 Å². The van der Waals surface area contributed by atoms with Crippen LogP contribution in [0, 0.1) is 11.3 Å². The maximum Gasteiger partial charge on any atom is 0.239 e. The van der Waals surface area contributed by atoms with E-state index >= 15 is 0 Å². The summed E-state index contributed by atoms with van der Waals surface area (Å²) in [5, 5.41) is 9.87. The lowest BCUT2D eigenvalue weighted by Gasteiger charge is -2.22. The minimum atomic E-state index is -1.89. The molecule has 0 aromatic rings. The Morgan fingerprint density at radius 3 is 2.67 bits per heavy atom. The molecular formula is C6H2Cl2F2N2. The molecule has 1 unspecified atom stereocenters. The molecular weight excluding hydrogens is 209 g/mol. The first kappa shape index (κ1) is 9.30. The number of allylic oxidation sites excluding steroid dienone is 2. The highest BCUT2D eigenvalue weighted by atomic mass is 35.5. The van der Waals surface area contributed by atoms with Gasteiger partial charge in [0, 0.05) is 6.20 Å². The molecule has 1 N–H and O–H groups in total. The molecule has 64 valence electrons. The second-order valence-corrected chi connectivity index (χ2v) is 2.98. The molecule has 0 aliphatic carbocycles. The molecule has 0 spiro atoms. The number of rotatable bonds is 0. The third-order valence-electron chi connectivity index (χ3n) is 1.26. The first-order valence-electron chi connectivity index (χ1n) is 2.81. The lowest BCUT2D eigenvalue weighted by Crippen LogP contribution is -2.37. The van der Waals surface area contributed by atoms with Gasteiger partial charge in [-0.3, -0.25) is 0 Å². The van der Waals surface area contributed by atoms with Crippen LogP contribution in [0.2, 0.25) is 0 Å². The van der Waals surface area contributed by atoms with Crippen molar-refractivity contribution in [1.29, 1.82) is 5.26 Å². The zero-order chi connectivity index (χ0) is 9.35. The molecule has 1 rings (SSSR count). The van der Waals surface area contributed by atoms with Crippen LogP contribution in [0.5, 0.6) is 0 Å². The maximum absolute atomic E-state index is 12.7. The van der Waals surface area contributed by atoms with Crippen molar-refractivity contribution in [2.75, 3.05) is 0 Å². The van der Waals surface area contributed by atoms with Gasteiger partial charge in [-0.05, 0) is 0 Å². The van der Waals surface area contributed by atoms with Crippen molar-refractivity contribution in [2.24, 2.45) is 0 Å². The summed E-state index contributed by atoms with van der Waals surface area (Å²) in [6, 6.07) is 1.49. The summed E-state index contributed by atoms with van der Waals surface area (Å²) in [4.78, 5) is -1.89. The molecule has 0 radical (unpaired) electrons.